The number of nitro groups is 1. The zero-order valence-electron chi connectivity index (χ0n) is 12.6. The van der Waals surface area contributed by atoms with Crippen LogP contribution in [0.1, 0.15) is 27.2 Å². The maximum atomic E-state index is 10.8. The lowest BCUT2D eigenvalue weighted by Gasteiger charge is -2.28. The predicted octanol–water partition coefficient (Wildman–Crippen LogP) is 3.22. The van der Waals surface area contributed by atoms with Crippen molar-refractivity contribution in [1.29, 1.82) is 0 Å². The molecule has 1 rings (SSSR count). The second-order valence-corrected chi connectivity index (χ2v) is 5.36. The SMILES string of the molecule is COc1ccc([N+](=O)[O-])cc1NC(C)CC(C)(C)OC. The van der Waals surface area contributed by atoms with Gasteiger partial charge in [-0.2, -0.15) is 0 Å². The third kappa shape index (κ3) is 4.38. The first-order chi connectivity index (χ1) is 9.29. The molecule has 1 N–H and O–H groups in total. The summed E-state index contributed by atoms with van der Waals surface area (Å²) >= 11 is 0. The highest BCUT2D eigenvalue weighted by Crippen LogP contribution is 2.30. The lowest BCUT2D eigenvalue weighted by Crippen LogP contribution is -2.31. The monoisotopic (exact) mass is 282 g/mol. The summed E-state index contributed by atoms with van der Waals surface area (Å²) in [7, 11) is 3.21. The smallest absolute Gasteiger partial charge is 0.271 e. The van der Waals surface area contributed by atoms with E-state index in [-0.39, 0.29) is 17.3 Å². The van der Waals surface area contributed by atoms with E-state index in [1.807, 2.05) is 20.8 Å². The van der Waals surface area contributed by atoms with Gasteiger partial charge < -0.3 is 14.8 Å². The van der Waals surface area contributed by atoms with E-state index in [1.165, 1.54) is 19.2 Å². The van der Waals surface area contributed by atoms with Crippen LogP contribution in [-0.4, -0.2) is 30.8 Å². The van der Waals surface area contributed by atoms with Gasteiger partial charge in [0.25, 0.3) is 5.69 Å². The maximum Gasteiger partial charge on any atom is 0.271 e. The van der Waals surface area contributed by atoms with Crippen molar-refractivity contribution in [3.63, 3.8) is 0 Å². The number of rotatable bonds is 7. The fourth-order valence-corrected chi connectivity index (χ4v) is 2.06. The van der Waals surface area contributed by atoms with Crippen LogP contribution in [-0.2, 0) is 4.74 Å². The second-order valence-electron chi connectivity index (χ2n) is 5.36. The van der Waals surface area contributed by atoms with Gasteiger partial charge in [-0.3, -0.25) is 10.1 Å². The van der Waals surface area contributed by atoms with Gasteiger partial charge in [0, 0.05) is 25.3 Å². The largest absolute Gasteiger partial charge is 0.495 e. The molecule has 0 fully saturated rings. The number of anilines is 1. The number of hydrogen-bond acceptors (Lipinski definition) is 5. The Labute approximate surface area is 119 Å². The number of benzene rings is 1. The van der Waals surface area contributed by atoms with E-state index in [4.69, 9.17) is 9.47 Å². The van der Waals surface area contributed by atoms with E-state index in [2.05, 4.69) is 5.32 Å². The molecule has 0 saturated carbocycles. The predicted molar refractivity (Wildman–Crippen MR) is 78.4 cm³/mol. The first-order valence-corrected chi connectivity index (χ1v) is 6.43. The van der Waals surface area contributed by atoms with Crippen molar-refractivity contribution in [3.8, 4) is 5.75 Å². The number of nitro benzene ring substituents is 1. The highest BCUT2D eigenvalue weighted by atomic mass is 16.6. The summed E-state index contributed by atoms with van der Waals surface area (Å²) in [4.78, 5) is 10.4. The molecular formula is C14H22N2O4. The van der Waals surface area contributed by atoms with Crippen molar-refractivity contribution in [3.05, 3.63) is 28.3 Å². The minimum atomic E-state index is -0.422. The van der Waals surface area contributed by atoms with Gasteiger partial charge in [0.15, 0.2) is 0 Å². The van der Waals surface area contributed by atoms with E-state index < -0.39 is 4.92 Å². The molecule has 0 aromatic heterocycles. The number of non-ortho nitro benzene ring substituents is 1. The van der Waals surface area contributed by atoms with E-state index >= 15 is 0 Å². The summed E-state index contributed by atoms with van der Waals surface area (Å²) in [5.74, 6) is 0.581. The van der Waals surface area contributed by atoms with Crippen molar-refractivity contribution >= 4 is 11.4 Å². The van der Waals surface area contributed by atoms with E-state index in [9.17, 15) is 10.1 Å². The molecular weight excluding hydrogens is 260 g/mol. The van der Waals surface area contributed by atoms with E-state index in [0.717, 1.165) is 6.42 Å². The van der Waals surface area contributed by atoms with Crippen molar-refractivity contribution in [2.24, 2.45) is 0 Å². The average Bonchev–Trinajstić information content (AvgIpc) is 2.37. The average molecular weight is 282 g/mol. The Morgan fingerprint density at radius 3 is 2.55 bits per heavy atom. The Kier molecular flexibility index (Phi) is 5.33. The second kappa shape index (κ2) is 6.56. The molecule has 112 valence electrons. The van der Waals surface area contributed by atoms with Gasteiger partial charge in [-0.15, -0.1) is 0 Å². The molecule has 0 aliphatic heterocycles. The van der Waals surface area contributed by atoms with Gasteiger partial charge in [-0.25, -0.2) is 0 Å². The standard InChI is InChI=1S/C14H22N2O4/c1-10(9-14(2,3)20-5)15-12-8-11(16(17)18)6-7-13(12)19-4/h6-8,10,15H,9H2,1-5H3. The molecule has 1 unspecified atom stereocenters. The molecule has 6 nitrogen and oxygen atoms in total. The van der Waals surface area contributed by atoms with Gasteiger partial charge >= 0.3 is 0 Å². The summed E-state index contributed by atoms with van der Waals surface area (Å²) < 4.78 is 10.6. The van der Waals surface area contributed by atoms with Crippen molar-refractivity contribution < 1.29 is 14.4 Å². The van der Waals surface area contributed by atoms with Crippen LogP contribution in [0, 0.1) is 10.1 Å². The number of hydrogen-bond donors (Lipinski definition) is 1. The van der Waals surface area contributed by atoms with Crippen LogP contribution >= 0.6 is 0 Å². The summed E-state index contributed by atoms with van der Waals surface area (Å²) in [6, 6.07) is 4.58. The number of methoxy groups -OCH3 is 2. The molecule has 1 aromatic rings. The van der Waals surface area contributed by atoms with Crippen LogP contribution in [0.5, 0.6) is 5.75 Å². The molecule has 0 aliphatic carbocycles. The summed E-state index contributed by atoms with van der Waals surface area (Å²) in [5, 5.41) is 14.1. The molecule has 1 atom stereocenters. The Morgan fingerprint density at radius 1 is 1.40 bits per heavy atom. The summed E-state index contributed by atoms with van der Waals surface area (Å²) in [6.07, 6.45) is 0.759. The fraction of sp³-hybridized carbons (Fsp3) is 0.571. The first-order valence-electron chi connectivity index (χ1n) is 6.43. The topological polar surface area (TPSA) is 73.6 Å². The van der Waals surface area contributed by atoms with Crippen LogP contribution in [0.4, 0.5) is 11.4 Å². The third-order valence-electron chi connectivity index (χ3n) is 3.15. The van der Waals surface area contributed by atoms with Gasteiger partial charge in [-0.05, 0) is 33.3 Å². The summed E-state index contributed by atoms with van der Waals surface area (Å²) in [5.41, 5.74) is 0.382. The first kappa shape index (κ1) is 16.2. The maximum absolute atomic E-state index is 10.8. The lowest BCUT2D eigenvalue weighted by atomic mass is 9.99. The highest BCUT2D eigenvalue weighted by molar-refractivity contribution is 5.61. The fourth-order valence-electron chi connectivity index (χ4n) is 2.06. The molecule has 1 aromatic carbocycles. The lowest BCUT2D eigenvalue weighted by molar-refractivity contribution is -0.384. The summed E-state index contributed by atoms with van der Waals surface area (Å²) in [6.45, 7) is 5.99. The van der Waals surface area contributed by atoms with Crippen LogP contribution < -0.4 is 10.1 Å². The zero-order valence-corrected chi connectivity index (χ0v) is 12.6. The van der Waals surface area contributed by atoms with E-state index in [1.54, 1.807) is 13.2 Å². The number of nitrogens with zero attached hydrogens (tertiary/aromatic N) is 1. The van der Waals surface area contributed by atoms with E-state index in [0.29, 0.717) is 11.4 Å². The highest BCUT2D eigenvalue weighted by Gasteiger charge is 2.21. The van der Waals surface area contributed by atoms with Crippen molar-refractivity contribution in [2.45, 2.75) is 38.8 Å². The molecule has 0 aliphatic rings. The minimum Gasteiger partial charge on any atom is -0.495 e. The number of ether oxygens (including phenoxy) is 2. The molecule has 0 amide bonds. The minimum absolute atomic E-state index is 0.0338. The Balaban J connectivity index is 2.89. The molecule has 20 heavy (non-hydrogen) atoms. The third-order valence-corrected chi connectivity index (χ3v) is 3.15. The van der Waals surface area contributed by atoms with Gasteiger partial charge in [-0.1, -0.05) is 0 Å². The molecule has 0 heterocycles. The Morgan fingerprint density at radius 2 is 2.05 bits per heavy atom. The molecule has 6 heteroatoms. The molecule has 0 spiro atoms. The quantitative estimate of drug-likeness (QED) is 0.614. The van der Waals surface area contributed by atoms with Crippen LogP contribution in [0.15, 0.2) is 18.2 Å². The number of nitrogens with one attached hydrogen (secondary N) is 1. The Bertz CT molecular complexity index is 474. The zero-order chi connectivity index (χ0) is 15.3. The van der Waals surface area contributed by atoms with Gasteiger partial charge in [0.05, 0.1) is 23.3 Å². The van der Waals surface area contributed by atoms with Crippen molar-refractivity contribution in [1.82, 2.24) is 0 Å². The van der Waals surface area contributed by atoms with Crippen LogP contribution in [0.3, 0.4) is 0 Å². The van der Waals surface area contributed by atoms with Crippen LogP contribution in [0.25, 0.3) is 0 Å². The van der Waals surface area contributed by atoms with Gasteiger partial charge in [0.1, 0.15) is 5.75 Å². The van der Waals surface area contributed by atoms with Crippen molar-refractivity contribution in [2.75, 3.05) is 19.5 Å². The van der Waals surface area contributed by atoms with Gasteiger partial charge in [0.2, 0.25) is 0 Å². The molecule has 0 radical (unpaired) electrons. The molecule has 0 saturated heterocycles. The normalized spacial score (nSPS) is 12.8. The Hall–Kier alpha value is -1.82. The molecule has 0 bridgehead atoms. The van der Waals surface area contributed by atoms with Crippen LogP contribution in [0.2, 0.25) is 0 Å².